The Balaban J connectivity index is 2.02. The molecular weight excluding hydrogens is 288 g/mol. The summed E-state index contributed by atoms with van der Waals surface area (Å²) >= 11 is 0. The molecule has 2 atom stereocenters. The van der Waals surface area contributed by atoms with E-state index in [9.17, 15) is 4.79 Å². The predicted molar refractivity (Wildman–Crippen MR) is 92.6 cm³/mol. The minimum Gasteiger partial charge on any atom is -0.495 e. The number of carbonyl (C=O) groups excluding carboxylic acids is 1. The van der Waals surface area contributed by atoms with Crippen LogP contribution >= 0.6 is 0 Å². The Bertz CT molecular complexity index is 656. The van der Waals surface area contributed by atoms with E-state index in [0.717, 1.165) is 5.56 Å². The van der Waals surface area contributed by atoms with Crippen molar-refractivity contribution in [2.24, 2.45) is 0 Å². The van der Waals surface area contributed by atoms with Gasteiger partial charge < -0.3 is 15.4 Å². The molecule has 4 nitrogen and oxygen atoms in total. The fourth-order valence-electron chi connectivity index (χ4n) is 2.55. The summed E-state index contributed by atoms with van der Waals surface area (Å²) in [5, 5.41) is 5.03. The highest BCUT2D eigenvalue weighted by molar-refractivity contribution is 5.95. The van der Waals surface area contributed by atoms with Crippen LogP contribution in [0.15, 0.2) is 48.5 Å². The van der Waals surface area contributed by atoms with Crippen LogP contribution in [0.3, 0.4) is 0 Å². The fourth-order valence-corrected chi connectivity index (χ4v) is 2.55. The van der Waals surface area contributed by atoms with E-state index in [1.807, 2.05) is 50.2 Å². The van der Waals surface area contributed by atoms with Crippen molar-refractivity contribution in [3.63, 3.8) is 0 Å². The number of nitrogens with one attached hydrogen (secondary N) is 1. The van der Waals surface area contributed by atoms with E-state index in [-0.39, 0.29) is 18.0 Å². The Morgan fingerprint density at radius 3 is 2.48 bits per heavy atom. The molecule has 1 amide bonds. The van der Waals surface area contributed by atoms with Crippen LogP contribution in [0.2, 0.25) is 0 Å². The average Bonchev–Trinajstić information content (AvgIpc) is 2.55. The molecule has 0 unspecified atom stereocenters. The van der Waals surface area contributed by atoms with Gasteiger partial charge in [0.15, 0.2) is 6.04 Å². The first-order valence-electron chi connectivity index (χ1n) is 7.86. The zero-order valence-corrected chi connectivity index (χ0v) is 14.2. The molecule has 0 saturated carbocycles. The van der Waals surface area contributed by atoms with Crippen LogP contribution in [-0.2, 0) is 4.79 Å². The fraction of sp³-hybridized carbons (Fsp3) is 0.316. The Labute approximate surface area is 137 Å². The molecule has 2 aromatic carbocycles. The standard InChI is InChI=1S/C19H24N2O2/c1-13-10-11-18(23-4)17(12-13)21-19(22)15(3)20-14(2)16-8-6-5-7-9-16/h5-12,14-15,20H,1-4H3,(H,21,22)/p+1/t14-,15+/m0/s1. The lowest BCUT2D eigenvalue weighted by molar-refractivity contribution is -0.709. The van der Waals surface area contributed by atoms with E-state index in [4.69, 9.17) is 4.74 Å². The number of hydrogen-bond donors (Lipinski definition) is 2. The Morgan fingerprint density at radius 2 is 1.83 bits per heavy atom. The van der Waals surface area contributed by atoms with Gasteiger partial charge in [0, 0.05) is 5.56 Å². The number of carbonyl (C=O) groups is 1. The minimum atomic E-state index is -0.199. The summed E-state index contributed by atoms with van der Waals surface area (Å²) in [5.41, 5.74) is 3.00. The first kappa shape index (κ1) is 17.0. The van der Waals surface area contributed by atoms with Gasteiger partial charge in [0.25, 0.3) is 5.91 Å². The second-order valence-corrected chi connectivity index (χ2v) is 5.87. The Kier molecular flexibility index (Phi) is 5.77. The molecule has 122 valence electrons. The number of rotatable bonds is 6. The van der Waals surface area contributed by atoms with E-state index in [1.54, 1.807) is 7.11 Å². The van der Waals surface area contributed by atoms with Crippen LogP contribution < -0.4 is 15.4 Å². The van der Waals surface area contributed by atoms with Gasteiger partial charge >= 0.3 is 0 Å². The van der Waals surface area contributed by atoms with Gasteiger partial charge in [-0.1, -0.05) is 36.4 Å². The quantitative estimate of drug-likeness (QED) is 0.861. The lowest BCUT2D eigenvalue weighted by Crippen LogP contribution is -2.91. The van der Waals surface area contributed by atoms with E-state index < -0.39 is 0 Å². The Hall–Kier alpha value is -2.33. The molecule has 0 aliphatic rings. The van der Waals surface area contributed by atoms with Crippen molar-refractivity contribution in [3.05, 3.63) is 59.7 Å². The van der Waals surface area contributed by atoms with Crippen LogP contribution in [0.4, 0.5) is 5.69 Å². The molecule has 4 heteroatoms. The third-order valence-electron chi connectivity index (χ3n) is 3.93. The zero-order chi connectivity index (χ0) is 16.8. The van der Waals surface area contributed by atoms with Crippen molar-refractivity contribution in [3.8, 4) is 5.75 Å². The summed E-state index contributed by atoms with van der Waals surface area (Å²) in [6.07, 6.45) is 0. The third-order valence-corrected chi connectivity index (χ3v) is 3.93. The van der Waals surface area contributed by atoms with Crippen molar-refractivity contribution >= 4 is 11.6 Å². The number of amides is 1. The molecule has 0 aromatic heterocycles. The molecule has 0 heterocycles. The third kappa shape index (κ3) is 4.57. The summed E-state index contributed by atoms with van der Waals surface area (Å²) in [6.45, 7) is 6.01. The minimum absolute atomic E-state index is 0.0309. The first-order chi connectivity index (χ1) is 11.0. The molecule has 23 heavy (non-hydrogen) atoms. The molecular formula is C19H25N2O2+. The molecule has 0 fully saturated rings. The summed E-state index contributed by atoms with van der Waals surface area (Å²) in [6, 6.07) is 16.0. The molecule has 0 aliphatic heterocycles. The summed E-state index contributed by atoms with van der Waals surface area (Å²) in [4.78, 5) is 12.5. The van der Waals surface area contributed by atoms with Gasteiger partial charge in [0.2, 0.25) is 0 Å². The number of ether oxygens (including phenoxy) is 1. The maximum atomic E-state index is 12.5. The van der Waals surface area contributed by atoms with Crippen molar-refractivity contribution in [1.82, 2.24) is 0 Å². The van der Waals surface area contributed by atoms with Crippen LogP contribution in [0.5, 0.6) is 5.75 Å². The highest BCUT2D eigenvalue weighted by Gasteiger charge is 2.21. The van der Waals surface area contributed by atoms with Gasteiger partial charge in [0.05, 0.1) is 12.8 Å². The van der Waals surface area contributed by atoms with E-state index in [2.05, 4.69) is 29.7 Å². The van der Waals surface area contributed by atoms with Crippen molar-refractivity contribution < 1.29 is 14.8 Å². The lowest BCUT2D eigenvalue weighted by Gasteiger charge is -2.18. The number of methoxy groups -OCH3 is 1. The number of nitrogens with two attached hydrogens (primary N) is 1. The highest BCUT2D eigenvalue weighted by Crippen LogP contribution is 2.25. The number of aryl methyl sites for hydroxylation is 1. The lowest BCUT2D eigenvalue weighted by atomic mass is 10.1. The number of anilines is 1. The second-order valence-electron chi connectivity index (χ2n) is 5.87. The maximum absolute atomic E-state index is 12.5. The summed E-state index contributed by atoms with van der Waals surface area (Å²) < 4.78 is 5.31. The number of hydrogen-bond acceptors (Lipinski definition) is 2. The van der Waals surface area contributed by atoms with Crippen molar-refractivity contribution in [1.29, 1.82) is 0 Å². The Morgan fingerprint density at radius 1 is 1.13 bits per heavy atom. The van der Waals surface area contributed by atoms with Gasteiger partial charge in [-0.25, -0.2) is 0 Å². The zero-order valence-electron chi connectivity index (χ0n) is 14.2. The van der Waals surface area contributed by atoms with Crippen LogP contribution in [0, 0.1) is 6.92 Å². The van der Waals surface area contributed by atoms with Crippen LogP contribution in [0.1, 0.15) is 31.0 Å². The van der Waals surface area contributed by atoms with E-state index >= 15 is 0 Å². The number of quaternary nitrogens is 1. The molecule has 0 aliphatic carbocycles. The monoisotopic (exact) mass is 313 g/mol. The van der Waals surface area contributed by atoms with Gasteiger partial charge in [-0.05, 0) is 38.5 Å². The van der Waals surface area contributed by atoms with Crippen molar-refractivity contribution in [2.45, 2.75) is 32.9 Å². The SMILES string of the molecule is COc1ccc(C)cc1NC(=O)[C@@H](C)[NH2+][C@@H](C)c1ccccc1. The van der Waals surface area contributed by atoms with Gasteiger partial charge in [-0.15, -0.1) is 0 Å². The summed E-state index contributed by atoms with van der Waals surface area (Å²) in [7, 11) is 1.60. The van der Waals surface area contributed by atoms with Gasteiger partial charge in [0.1, 0.15) is 11.8 Å². The normalized spacial score (nSPS) is 13.2. The largest absolute Gasteiger partial charge is 0.495 e. The number of benzene rings is 2. The molecule has 0 bridgehead atoms. The van der Waals surface area contributed by atoms with Crippen LogP contribution in [0.25, 0.3) is 0 Å². The molecule has 0 spiro atoms. The smallest absolute Gasteiger partial charge is 0.282 e. The average molecular weight is 313 g/mol. The van der Waals surface area contributed by atoms with E-state index in [0.29, 0.717) is 11.4 Å². The maximum Gasteiger partial charge on any atom is 0.282 e. The molecule has 0 saturated heterocycles. The topological polar surface area (TPSA) is 54.9 Å². The first-order valence-corrected chi connectivity index (χ1v) is 7.86. The molecule has 2 rings (SSSR count). The van der Waals surface area contributed by atoms with Crippen molar-refractivity contribution in [2.75, 3.05) is 12.4 Å². The molecule has 0 radical (unpaired) electrons. The molecule has 3 N–H and O–H groups in total. The van der Waals surface area contributed by atoms with E-state index in [1.165, 1.54) is 5.56 Å². The molecule has 2 aromatic rings. The van der Waals surface area contributed by atoms with Crippen LogP contribution in [-0.4, -0.2) is 19.1 Å². The van der Waals surface area contributed by atoms with Gasteiger partial charge in [-0.3, -0.25) is 4.79 Å². The second kappa shape index (κ2) is 7.79. The predicted octanol–water partition coefficient (Wildman–Crippen LogP) is 2.66. The summed E-state index contributed by atoms with van der Waals surface area (Å²) in [5.74, 6) is 0.643. The highest BCUT2D eigenvalue weighted by atomic mass is 16.5. The van der Waals surface area contributed by atoms with Gasteiger partial charge in [-0.2, -0.15) is 0 Å².